The zero-order valence-electron chi connectivity index (χ0n) is 14.9. The number of carbonyl (C=O) groups is 1. The number of para-hydroxylation sites is 2. The molecule has 2 fully saturated rings. The van der Waals surface area contributed by atoms with Crippen molar-refractivity contribution in [1.82, 2.24) is 9.88 Å². The van der Waals surface area contributed by atoms with Crippen LogP contribution in [0.1, 0.15) is 19.3 Å². The van der Waals surface area contributed by atoms with Gasteiger partial charge in [-0.15, -0.1) is 0 Å². The van der Waals surface area contributed by atoms with Gasteiger partial charge >= 0.3 is 0 Å². The molecule has 0 unspecified atom stereocenters. The highest BCUT2D eigenvalue weighted by atomic mass is 16.5. The van der Waals surface area contributed by atoms with Crippen LogP contribution in [0.25, 0.3) is 11.1 Å². The lowest BCUT2D eigenvalue weighted by molar-refractivity contribution is -0.138. The number of anilines is 1. The van der Waals surface area contributed by atoms with Crippen LogP contribution in [0.3, 0.4) is 0 Å². The maximum atomic E-state index is 12.3. The van der Waals surface area contributed by atoms with Crippen molar-refractivity contribution in [2.75, 3.05) is 50.9 Å². The molecule has 3 heterocycles. The Labute approximate surface area is 152 Å². The molecule has 2 saturated heterocycles. The number of hydrogen-bond acceptors (Lipinski definition) is 6. The largest absolute Gasteiger partial charge is 0.423 e. The number of aromatic nitrogens is 1. The standard InChI is InChI=1S/C19H25N3O4/c23-18(14-24-13-15-5-3-4-12-25-15)21-8-10-22(11-9-21)19-20-16-6-1-2-7-17(16)26-19/h1-2,6-7,15H,3-5,8-14H2/t15-/m0/s1. The smallest absolute Gasteiger partial charge is 0.298 e. The van der Waals surface area contributed by atoms with Crippen LogP contribution < -0.4 is 4.90 Å². The predicted molar refractivity (Wildman–Crippen MR) is 97.2 cm³/mol. The number of hydrogen-bond donors (Lipinski definition) is 0. The van der Waals surface area contributed by atoms with Crippen molar-refractivity contribution in [2.45, 2.75) is 25.4 Å². The Morgan fingerprint density at radius 3 is 2.81 bits per heavy atom. The molecule has 2 aliphatic rings. The number of benzene rings is 1. The molecule has 0 radical (unpaired) electrons. The van der Waals surface area contributed by atoms with Crippen molar-refractivity contribution in [3.63, 3.8) is 0 Å². The van der Waals surface area contributed by atoms with E-state index in [0.29, 0.717) is 38.8 Å². The van der Waals surface area contributed by atoms with Crippen molar-refractivity contribution in [3.05, 3.63) is 24.3 Å². The molecule has 4 rings (SSSR count). The summed E-state index contributed by atoms with van der Waals surface area (Å²) in [6.45, 7) is 4.17. The summed E-state index contributed by atoms with van der Waals surface area (Å²) < 4.78 is 17.0. The molecule has 140 valence electrons. The van der Waals surface area contributed by atoms with E-state index in [9.17, 15) is 4.79 Å². The Morgan fingerprint density at radius 1 is 1.19 bits per heavy atom. The van der Waals surface area contributed by atoms with E-state index < -0.39 is 0 Å². The second-order valence-electron chi connectivity index (χ2n) is 6.84. The normalized spacial score (nSPS) is 21.3. The molecule has 2 aromatic rings. The molecule has 26 heavy (non-hydrogen) atoms. The molecular weight excluding hydrogens is 334 g/mol. The van der Waals surface area contributed by atoms with Crippen LogP contribution in [0.5, 0.6) is 0 Å². The molecule has 2 aliphatic heterocycles. The van der Waals surface area contributed by atoms with Crippen LogP contribution in [0.4, 0.5) is 6.01 Å². The zero-order valence-corrected chi connectivity index (χ0v) is 14.9. The van der Waals surface area contributed by atoms with Crippen molar-refractivity contribution in [3.8, 4) is 0 Å². The predicted octanol–water partition coefficient (Wildman–Crippen LogP) is 2.06. The van der Waals surface area contributed by atoms with Gasteiger partial charge in [0, 0.05) is 32.8 Å². The molecule has 0 saturated carbocycles. The molecular formula is C19H25N3O4. The quantitative estimate of drug-likeness (QED) is 0.814. The molecule has 1 aromatic carbocycles. The SMILES string of the molecule is O=C(COC[C@@H]1CCCCO1)N1CCN(c2nc3ccccc3o2)CC1. The summed E-state index contributed by atoms with van der Waals surface area (Å²) in [6, 6.07) is 8.37. The summed E-state index contributed by atoms with van der Waals surface area (Å²) in [5, 5.41) is 0. The Bertz CT molecular complexity index is 700. The van der Waals surface area contributed by atoms with Crippen LogP contribution in [0.2, 0.25) is 0 Å². The summed E-state index contributed by atoms with van der Waals surface area (Å²) >= 11 is 0. The fourth-order valence-electron chi connectivity index (χ4n) is 3.45. The average Bonchev–Trinajstić information content (AvgIpc) is 3.13. The number of nitrogens with zero attached hydrogens (tertiary/aromatic N) is 3. The molecule has 0 bridgehead atoms. The summed E-state index contributed by atoms with van der Waals surface area (Å²) in [5.74, 6) is 0.0398. The number of carbonyl (C=O) groups excluding carboxylic acids is 1. The molecule has 0 spiro atoms. The molecule has 1 atom stereocenters. The summed E-state index contributed by atoms with van der Waals surface area (Å²) in [6.07, 6.45) is 3.48. The second-order valence-corrected chi connectivity index (χ2v) is 6.84. The van der Waals surface area contributed by atoms with Gasteiger partial charge in [-0.3, -0.25) is 4.79 Å². The number of oxazole rings is 1. The Balaban J connectivity index is 1.23. The first-order valence-corrected chi connectivity index (χ1v) is 9.37. The van der Waals surface area contributed by atoms with Crippen molar-refractivity contribution in [1.29, 1.82) is 0 Å². The van der Waals surface area contributed by atoms with E-state index in [0.717, 1.165) is 30.5 Å². The van der Waals surface area contributed by atoms with Gasteiger partial charge in [-0.2, -0.15) is 4.98 Å². The molecule has 0 N–H and O–H groups in total. The van der Waals surface area contributed by atoms with E-state index in [2.05, 4.69) is 9.88 Å². The summed E-state index contributed by atoms with van der Waals surface area (Å²) in [7, 11) is 0. The van der Waals surface area contributed by atoms with Gasteiger partial charge in [-0.25, -0.2) is 0 Å². The van der Waals surface area contributed by atoms with Gasteiger partial charge in [0.25, 0.3) is 6.01 Å². The number of amides is 1. The summed E-state index contributed by atoms with van der Waals surface area (Å²) in [5.41, 5.74) is 1.65. The third-order valence-corrected chi connectivity index (χ3v) is 4.99. The third kappa shape index (κ3) is 3.99. The summed E-state index contributed by atoms with van der Waals surface area (Å²) in [4.78, 5) is 20.8. The molecule has 7 nitrogen and oxygen atoms in total. The number of rotatable bonds is 5. The minimum atomic E-state index is 0.0398. The van der Waals surface area contributed by atoms with Gasteiger partial charge in [0.05, 0.1) is 12.7 Å². The minimum Gasteiger partial charge on any atom is -0.423 e. The molecule has 1 amide bonds. The number of piperazine rings is 1. The number of fused-ring (bicyclic) bond motifs is 1. The van der Waals surface area contributed by atoms with Crippen molar-refractivity contribution in [2.24, 2.45) is 0 Å². The lowest BCUT2D eigenvalue weighted by Crippen LogP contribution is -2.50. The fraction of sp³-hybridized carbons (Fsp3) is 0.579. The molecule has 0 aliphatic carbocycles. The minimum absolute atomic E-state index is 0.0398. The lowest BCUT2D eigenvalue weighted by Gasteiger charge is -2.33. The van der Waals surface area contributed by atoms with Gasteiger partial charge in [0.15, 0.2) is 5.58 Å². The molecule has 1 aromatic heterocycles. The van der Waals surface area contributed by atoms with Gasteiger partial charge in [-0.1, -0.05) is 12.1 Å². The monoisotopic (exact) mass is 359 g/mol. The van der Waals surface area contributed by atoms with Crippen molar-refractivity contribution >= 4 is 23.0 Å². The van der Waals surface area contributed by atoms with Crippen molar-refractivity contribution < 1.29 is 18.7 Å². The van der Waals surface area contributed by atoms with E-state index in [1.165, 1.54) is 6.42 Å². The Hall–Kier alpha value is -2.12. The number of ether oxygens (including phenoxy) is 2. The van der Waals surface area contributed by atoms with Crippen LogP contribution in [-0.2, 0) is 14.3 Å². The van der Waals surface area contributed by atoms with Crippen LogP contribution in [0.15, 0.2) is 28.7 Å². The average molecular weight is 359 g/mol. The highest BCUT2D eigenvalue weighted by Gasteiger charge is 2.24. The third-order valence-electron chi connectivity index (χ3n) is 4.99. The first-order valence-electron chi connectivity index (χ1n) is 9.37. The molecule has 7 heteroatoms. The highest BCUT2D eigenvalue weighted by Crippen LogP contribution is 2.22. The van der Waals surface area contributed by atoms with Crippen LogP contribution in [0, 0.1) is 0 Å². The van der Waals surface area contributed by atoms with E-state index in [4.69, 9.17) is 13.9 Å². The fourth-order valence-corrected chi connectivity index (χ4v) is 3.45. The Kier molecular flexibility index (Phi) is 5.36. The highest BCUT2D eigenvalue weighted by molar-refractivity contribution is 5.78. The van der Waals surface area contributed by atoms with Crippen LogP contribution in [-0.4, -0.2) is 67.9 Å². The van der Waals surface area contributed by atoms with Gasteiger partial charge in [0.2, 0.25) is 5.91 Å². The van der Waals surface area contributed by atoms with Gasteiger partial charge in [0.1, 0.15) is 12.1 Å². The maximum absolute atomic E-state index is 12.3. The second kappa shape index (κ2) is 8.05. The zero-order chi connectivity index (χ0) is 17.8. The van der Waals surface area contributed by atoms with Gasteiger partial charge < -0.3 is 23.7 Å². The van der Waals surface area contributed by atoms with E-state index in [1.807, 2.05) is 29.2 Å². The van der Waals surface area contributed by atoms with E-state index >= 15 is 0 Å². The van der Waals surface area contributed by atoms with E-state index in [1.54, 1.807) is 0 Å². The first-order chi connectivity index (χ1) is 12.8. The Morgan fingerprint density at radius 2 is 2.04 bits per heavy atom. The maximum Gasteiger partial charge on any atom is 0.298 e. The van der Waals surface area contributed by atoms with Gasteiger partial charge in [-0.05, 0) is 31.4 Å². The first kappa shape index (κ1) is 17.3. The van der Waals surface area contributed by atoms with E-state index in [-0.39, 0.29) is 18.6 Å². The van der Waals surface area contributed by atoms with Crippen LogP contribution >= 0.6 is 0 Å². The topological polar surface area (TPSA) is 68.0 Å². The lowest BCUT2D eigenvalue weighted by atomic mass is 10.1.